The predicted octanol–water partition coefficient (Wildman–Crippen LogP) is 2.23. The summed E-state index contributed by atoms with van der Waals surface area (Å²) in [5.41, 5.74) is 3.93. The van der Waals surface area contributed by atoms with E-state index in [2.05, 4.69) is 10.5 Å². The first kappa shape index (κ1) is 16.7. The SMILES string of the molecule is CC(=O)N/N=C/c1ccc(OS(=O)(=O)c2ccc(C)cc2)cc1. The molecule has 0 aliphatic heterocycles. The fourth-order valence-corrected chi connectivity index (χ4v) is 2.62. The molecule has 0 aliphatic rings. The number of hydrogen-bond donors (Lipinski definition) is 1. The van der Waals surface area contributed by atoms with E-state index < -0.39 is 10.1 Å². The van der Waals surface area contributed by atoms with Crippen molar-refractivity contribution >= 4 is 22.2 Å². The smallest absolute Gasteiger partial charge is 0.339 e. The van der Waals surface area contributed by atoms with Crippen LogP contribution in [-0.4, -0.2) is 20.5 Å². The summed E-state index contributed by atoms with van der Waals surface area (Å²) in [6, 6.07) is 12.7. The summed E-state index contributed by atoms with van der Waals surface area (Å²) in [5.74, 6) is -0.0763. The quantitative estimate of drug-likeness (QED) is 0.517. The first-order chi connectivity index (χ1) is 10.9. The molecule has 0 bridgehead atoms. The van der Waals surface area contributed by atoms with Gasteiger partial charge in [0.1, 0.15) is 10.6 Å². The third kappa shape index (κ3) is 4.93. The van der Waals surface area contributed by atoms with Crippen LogP contribution in [0, 0.1) is 6.92 Å². The summed E-state index contributed by atoms with van der Waals surface area (Å²) in [6.45, 7) is 3.22. The number of hydrazone groups is 1. The van der Waals surface area contributed by atoms with Crippen LogP contribution in [0.25, 0.3) is 0 Å². The van der Waals surface area contributed by atoms with Crippen molar-refractivity contribution in [2.24, 2.45) is 5.10 Å². The van der Waals surface area contributed by atoms with Gasteiger partial charge in [-0.05, 0) is 48.9 Å². The number of rotatable bonds is 5. The van der Waals surface area contributed by atoms with Gasteiger partial charge in [-0.25, -0.2) is 5.43 Å². The first-order valence-corrected chi connectivity index (χ1v) is 8.18. The number of aryl methyl sites for hydroxylation is 1. The van der Waals surface area contributed by atoms with E-state index in [0.29, 0.717) is 5.56 Å². The Balaban J connectivity index is 2.09. The Labute approximate surface area is 134 Å². The largest absolute Gasteiger partial charge is 0.379 e. The Morgan fingerprint density at radius 2 is 1.70 bits per heavy atom. The van der Waals surface area contributed by atoms with Crippen LogP contribution in [0.5, 0.6) is 5.75 Å². The van der Waals surface area contributed by atoms with Crippen molar-refractivity contribution in [1.29, 1.82) is 0 Å². The third-order valence-electron chi connectivity index (χ3n) is 2.83. The molecule has 0 saturated carbocycles. The van der Waals surface area contributed by atoms with E-state index in [1.165, 1.54) is 37.4 Å². The van der Waals surface area contributed by atoms with E-state index in [-0.39, 0.29) is 16.6 Å². The highest BCUT2D eigenvalue weighted by molar-refractivity contribution is 7.87. The average molecular weight is 332 g/mol. The van der Waals surface area contributed by atoms with Crippen LogP contribution < -0.4 is 9.61 Å². The number of carbonyl (C=O) groups excluding carboxylic acids is 1. The normalized spacial score (nSPS) is 11.4. The summed E-state index contributed by atoms with van der Waals surface area (Å²) in [5, 5.41) is 3.72. The van der Waals surface area contributed by atoms with E-state index in [4.69, 9.17) is 4.18 Å². The molecule has 1 amide bonds. The highest BCUT2D eigenvalue weighted by Crippen LogP contribution is 2.19. The Hall–Kier alpha value is -2.67. The van der Waals surface area contributed by atoms with Gasteiger partial charge >= 0.3 is 10.1 Å². The Morgan fingerprint density at radius 1 is 1.09 bits per heavy atom. The van der Waals surface area contributed by atoms with E-state index in [1.807, 2.05) is 6.92 Å². The van der Waals surface area contributed by atoms with Gasteiger partial charge in [0.25, 0.3) is 0 Å². The molecule has 6 nitrogen and oxygen atoms in total. The summed E-state index contributed by atoms with van der Waals surface area (Å²) in [6.07, 6.45) is 1.44. The lowest BCUT2D eigenvalue weighted by Gasteiger charge is -2.07. The lowest BCUT2D eigenvalue weighted by Crippen LogP contribution is -2.12. The maximum atomic E-state index is 12.1. The molecule has 1 N–H and O–H groups in total. The molecular weight excluding hydrogens is 316 g/mol. The zero-order valence-corrected chi connectivity index (χ0v) is 13.5. The molecule has 7 heteroatoms. The lowest BCUT2D eigenvalue weighted by atomic mass is 10.2. The molecule has 0 heterocycles. The number of nitrogens with one attached hydrogen (secondary N) is 1. The molecule has 0 unspecified atom stereocenters. The first-order valence-electron chi connectivity index (χ1n) is 6.78. The van der Waals surface area contributed by atoms with Gasteiger partial charge in [-0.2, -0.15) is 13.5 Å². The zero-order chi connectivity index (χ0) is 16.9. The monoisotopic (exact) mass is 332 g/mol. The highest BCUT2D eigenvalue weighted by Gasteiger charge is 2.16. The van der Waals surface area contributed by atoms with Gasteiger partial charge in [-0.1, -0.05) is 17.7 Å². The molecule has 0 spiro atoms. The van der Waals surface area contributed by atoms with E-state index >= 15 is 0 Å². The fraction of sp³-hybridized carbons (Fsp3) is 0.125. The van der Waals surface area contributed by atoms with Crippen LogP contribution in [0.2, 0.25) is 0 Å². The van der Waals surface area contributed by atoms with E-state index in [1.54, 1.807) is 24.3 Å². The number of amides is 1. The molecule has 120 valence electrons. The van der Waals surface area contributed by atoms with Crippen LogP contribution >= 0.6 is 0 Å². The summed E-state index contributed by atoms with van der Waals surface area (Å²) >= 11 is 0. The second-order valence-corrected chi connectivity index (χ2v) is 6.39. The minimum absolute atomic E-state index is 0.0967. The van der Waals surface area contributed by atoms with Crippen molar-refractivity contribution in [1.82, 2.24) is 5.43 Å². The molecule has 0 fully saturated rings. The third-order valence-corrected chi connectivity index (χ3v) is 4.09. The molecule has 2 aromatic rings. The minimum Gasteiger partial charge on any atom is -0.379 e. The van der Waals surface area contributed by atoms with Crippen LogP contribution in [0.3, 0.4) is 0 Å². The fourth-order valence-electron chi connectivity index (χ4n) is 1.69. The van der Waals surface area contributed by atoms with Crippen molar-refractivity contribution in [2.75, 3.05) is 0 Å². The molecule has 0 aromatic heterocycles. The van der Waals surface area contributed by atoms with Crippen LogP contribution in [0.1, 0.15) is 18.1 Å². The Morgan fingerprint density at radius 3 is 2.26 bits per heavy atom. The van der Waals surface area contributed by atoms with Crippen molar-refractivity contribution in [3.8, 4) is 5.75 Å². The van der Waals surface area contributed by atoms with Crippen molar-refractivity contribution < 1.29 is 17.4 Å². The number of carbonyl (C=O) groups is 1. The zero-order valence-electron chi connectivity index (χ0n) is 12.7. The molecule has 2 rings (SSSR count). The van der Waals surface area contributed by atoms with Gasteiger partial charge in [0, 0.05) is 6.92 Å². The topological polar surface area (TPSA) is 84.8 Å². The molecule has 2 aromatic carbocycles. The van der Waals surface area contributed by atoms with Crippen LogP contribution in [0.15, 0.2) is 58.5 Å². The van der Waals surface area contributed by atoms with Gasteiger partial charge in [0.15, 0.2) is 0 Å². The Bertz CT molecular complexity index is 810. The van der Waals surface area contributed by atoms with Crippen molar-refractivity contribution in [3.63, 3.8) is 0 Å². The van der Waals surface area contributed by atoms with E-state index in [9.17, 15) is 13.2 Å². The second-order valence-electron chi connectivity index (χ2n) is 4.85. The maximum Gasteiger partial charge on any atom is 0.339 e. The van der Waals surface area contributed by atoms with Gasteiger partial charge in [0.05, 0.1) is 6.21 Å². The van der Waals surface area contributed by atoms with Gasteiger partial charge in [-0.15, -0.1) is 0 Å². The average Bonchev–Trinajstić information content (AvgIpc) is 2.49. The summed E-state index contributed by atoms with van der Waals surface area (Å²) < 4.78 is 29.4. The number of hydrogen-bond acceptors (Lipinski definition) is 5. The molecule has 0 radical (unpaired) electrons. The summed E-state index contributed by atoms with van der Waals surface area (Å²) in [7, 11) is -3.86. The maximum absolute atomic E-state index is 12.1. The molecular formula is C16H16N2O4S. The van der Waals surface area contributed by atoms with Crippen molar-refractivity contribution in [2.45, 2.75) is 18.7 Å². The van der Waals surface area contributed by atoms with Crippen LogP contribution in [-0.2, 0) is 14.9 Å². The molecule has 0 saturated heterocycles. The molecule has 0 aliphatic carbocycles. The lowest BCUT2D eigenvalue weighted by molar-refractivity contribution is -0.118. The number of benzene rings is 2. The molecule has 23 heavy (non-hydrogen) atoms. The van der Waals surface area contributed by atoms with Crippen molar-refractivity contribution in [3.05, 3.63) is 59.7 Å². The Kier molecular flexibility index (Phi) is 5.13. The minimum atomic E-state index is -3.86. The highest BCUT2D eigenvalue weighted by atomic mass is 32.2. The standard InChI is InChI=1S/C16H16N2O4S/c1-12-3-9-16(10-4-12)23(20,21)22-15-7-5-14(6-8-15)11-17-18-13(2)19/h3-11H,1-2H3,(H,18,19)/b17-11+. The second kappa shape index (κ2) is 7.06. The van der Waals surface area contributed by atoms with Crippen LogP contribution in [0.4, 0.5) is 0 Å². The van der Waals surface area contributed by atoms with Gasteiger partial charge in [-0.3, -0.25) is 4.79 Å². The van der Waals surface area contributed by atoms with Gasteiger partial charge < -0.3 is 4.18 Å². The molecule has 0 atom stereocenters. The van der Waals surface area contributed by atoms with E-state index in [0.717, 1.165) is 5.56 Å². The summed E-state index contributed by atoms with van der Waals surface area (Å²) in [4.78, 5) is 10.8. The number of nitrogens with zero attached hydrogens (tertiary/aromatic N) is 1. The predicted molar refractivity (Wildman–Crippen MR) is 86.8 cm³/mol. The van der Waals surface area contributed by atoms with Gasteiger partial charge in [0.2, 0.25) is 5.91 Å².